The number of methoxy groups -OCH3 is 1. The Morgan fingerprint density at radius 2 is 1.69 bits per heavy atom. The first kappa shape index (κ1) is 22.7. The van der Waals surface area contributed by atoms with E-state index in [9.17, 15) is 0 Å². The van der Waals surface area contributed by atoms with Gasteiger partial charge in [0.05, 0.1) is 13.2 Å². The van der Waals surface area contributed by atoms with Crippen molar-refractivity contribution in [3.8, 4) is 5.75 Å². The second-order valence-corrected chi connectivity index (χ2v) is 6.64. The SMILES string of the molecule is CCOCCOc1cc(C)ccc1CNC(=NC)NCc1ccccc1COC. The van der Waals surface area contributed by atoms with Crippen LogP contribution in [0.25, 0.3) is 0 Å². The largest absolute Gasteiger partial charge is 0.491 e. The van der Waals surface area contributed by atoms with Crippen molar-refractivity contribution < 1.29 is 14.2 Å². The number of nitrogens with one attached hydrogen (secondary N) is 2. The zero-order valence-corrected chi connectivity index (χ0v) is 18.0. The number of aliphatic imine (C=N–C) groups is 1. The van der Waals surface area contributed by atoms with Crippen molar-refractivity contribution in [2.75, 3.05) is 34.0 Å². The van der Waals surface area contributed by atoms with Crippen molar-refractivity contribution in [2.24, 2.45) is 4.99 Å². The van der Waals surface area contributed by atoms with Gasteiger partial charge in [-0.1, -0.05) is 36.4 Å². The zero-order chi connectivity index (χ0) is 20.9. The molecule has 0 saturated heterocycles. The number of benzene rings is 2. The van der Waals surface area contributed by atoms with Crippen LogP contribution in [0, 0.1) is 6.92 Å². The highest BCUT2D eigenvalue weighted by Crippen LogP contribution is 2.20. The van der Waals surface area contributed by atoms with E-state index in [0.717, 1.165) is 22.8 Å². The first-order valence-corrected chi connectivity index (χ1v) is 9.98. The van der Waals surface area contributed by atoms with E-state index in [4.69, 9.17) is 14.2 Å². The first-order chi connectivity index (χ1) is 14.2. The maximum Gasteiger partial charge on any atom is 0.191 e. The van der Waals surface area contributed by atoms with Gasteiger partial charge in [0, 0.05) is 39.4 Å². The normalized spacial score (nSPS) is 11.4. The Morgan fingerprint density at radius 3 is 2.38 bits per heavy atom. The van der Waals surface area contributed by atoms with Crippen LogP contribution in [-0.4, -0.2) is 39.9 Å². The third-order valence-electron chi connectivity index (χ3n) is 4.45. The van der Waals surface area contributed by atoms with Gasteiger partial charge in [-0.2, -0.15) is 0 Å². The van der Waals surface area contributed by atoms with Gasteiger partial charge in [-0.15, -0.1) is 0 Å². The number of guanidine groups is 1. The van der Waals surface area contributed by atoms with Crippen molar-refractivity contribution in [3.05, 3.63) is 64.7 Å². The minimum Gasteiger partial charge on any atom is -0.491 e. The summed E-state index contributed by atoms with van der Waals surface area (Å²) in [6.07, 6.45) is 0. The maximum atomic E-state index is 5.92. The number of nitrogens with zero attached hydrogens (tertiary/aromatic N) is 1. The second-order valence-electron chi connectivity index (χ2n) is 6.64. The molecule has 2 N–H and O–H groups in total. The lowest BCUT2D eigenvalue weighted by Gasteiger charge is -2.16. The summed E-state index contributed by atoms with van der Waals surface area (Å²) in [6, 6.07) is 14.5. The van der Waals surface area contributed by atoms with Crippen LogP contribution < -0.4 is 15.4 Å². The fraction of sp³-hybridized carbons (Fsp3) is 0.435. The van der Waals surface area contributed by atoms with Crippen LogP contribution in [0.1, 0.15) is 29.2 Å². The monoisotopic (exact) mass is 399 g/mol. The molecule has 2 aromatic rings. The molecule has 2 aromatic carbocycles. The number of hydrogen-bond donors (Lipinski definition) is 2. The molecular formula is C23H33N3O3. The number of rotatable bonds is 11. The van der Waals surface area contributed by atoms with E-state index >= 15 is 0 Å². The predicted octanol–water partition coefficient (Wildman–Crippen LogP) is 3.42. The van der Waals surface area contributed by atoms with E-state index < -0.39 is 0 Å². The van der Waals surface area contributed by atoms with Crippen LogP contribution in [-0.2, 0) is 29.2 Å². The second kappa shape index (κ2) is 12.8. The van der Waals surface area contributed by atoms with E-state index in [1.165, 1.54) is 11.1 Å². The van der Waals surface area contributed by atoms with E-state index in [1.807, 2.05) is 19.1 Å². The van der Waals surface area contributed by atoms with Crippen molar-refractivity contribution >= 4 is 5.96 Å². The van der Waals surface area contributed by atoms with Crippen molar-refractivity contribution in [2.45, 2.75) is 33.5 Å². The molecule has 6 heteroatoms. The maximum absolute atomic E-state index is 5.92. The lowest BCUT2D eigenvalue weighted by molar-refractivity contribution is 0.110. The molecule has 0 saturated carbocycles. The smallest absolute Gasteiger partial charge is 0.191 e. The molecule has 0 aromatic heterocycles. The summed E-state index contributed by atoms with van der Waals surface area (Å²) >= 11 is 0. The van der Waals surface area contributed by atoms with E-state index in [0.29, 0.717) is 39.5 Å². The Balaban J connectivity index is 1.94. The summed E-state index contributed by atoms with van der Waals surface area (Å²) in [5.74, 6) is 1.61. The van der Waals surface area contributed by atoms with Crippen molar-refractivity contribution in [3.63, 3.8) is 0 Å². The highest BCUT2D eigenvalue weighted by molar-refractivity contribution is 5.79. The molecule has 0 heterocycles. The summed E-state index contributed by atoms with van der Waals surface area (Å²) in [6.45, 7) is 7.74. The minimum atomic E-state index is 0.535. The molecule has 0 amide bonds. The average molecular weight is 400 g/mol. The molecule has 6 nitrogen and oxygen atoms in total. The molecule has 0 aliphatic heterocycles. The van der Waals surface area contributed by atoms with Gasteiger partial charge in [-0.05, 0) is 36.6 Å². The van der Waals surface area contributed by atoms with Gasteiger partial charge >= 0.3 is 0 Å². The molecule has 0 radical (unpaired) electrons. The van der Waals surface area contributed by atoms with Gasteiger partial charge in [0.1, 0.15) is 12.4 Å². The number of hydrogen-bond acceptors (Lipinski definition) is 4. The highest BCUT2D eigenvalue weighted by atomic mass is 16.5. The minimum absolute atomic E-state index is 0.535. The molecule has 29 heavy (non-hydrogen) atoms. The Kier molecular flexibility index (Phi) is 10.0. The molecule has 0 aliphatic rings. The van der Waals surface area contributed by atoms with E-state index in [1.54, 1.807) is 14.2 Å². The number of aryl methyl sites for hydroxylation is 1. The molecule has 0 unspecified atom stereocenters. The molecule has 0 fully saturated rings. The third kappa shape index (κ3) is 7.75. The molecule has 0 bridgehead atoms. The zero-order valence-electron chi connectivity index (χ0n) is 18.0. The van der Waals surface area contributed by atoms with E-state index in [-0.39, 0.29) is 0 Å². The molecule has 0 aliphatic carbocycles. The van der Waals surface area contributed by atoms with Gasteiger partial charge in [0.15, 0.2) is 5.96 Å². The van der Waals surface area contributed by atoms with Crippen LogP contribution in [0.2, 0.25) is 0 Å². The highest BCUT2D eigenvalue weighted by Gasteiger charge is 2.07. The average Bonchev–Trinajstić information content (AvgIpc) is 2.73. The Labute approximate surface area is 174 Å². The third-order valence-corrected chi connectivity index (χ3v) is 4.45. The quantitative estimate of drug-likeness (QED) is 0.344. The Morgan fingerprint density at radius 1 is 0.966 bits per heavy atom. The van der Waals surface area contributed by atoms with Crippen LogP contribution in [0.15, 0.2) is 47.5 Å². The standard InChI is InChI=1S/C23H33N3O3/c1-5-28-12-13-29-22-14-18(2)10-11-20(22)16-26-23(24-3)25-15-19-8-6-7-9-21(19)17-27-4/h6-11,14H,5,12-13,15-17H2,1-4H3,(H2,24,25,26). The van der Waals surface area contributed by atoms with Gasteiger partial charge < -0.3 is 24.8 Å². The molecule has 0 spiro atoms. The molecular weight excluding hydrogens is 366 g/mol. The van der Waals surface area contributed by atoms with Crippen LogP contribution in [0.3, 0.4) is 0 Å². The van der Waals surface area contributed by atoms with Crippen LogP contribution in [0.5, 0.6) is 5.75 Å². The molecule has 0 atom stereocenters. The summed E-state index contributed by atoms with van der Waals surface area (Å²) in [5, 5.41) is 6.73. The van der Waals surface area contributed by atoms with Gasteiger partial charge in [-0.25, -0.2) is 0 Å². The summed E-state index contributed by atoms with van der Waals surface area (Å²) < 4.78 is 16.6. The predicted molar refractivity (Wildman–Crippen MR) is 117 cm³/mol. The lowest BCUT2D eigenvalue weighted by atomic mass is 10.1. The van der Waals surface area contributed by atoms with Crippen molar-refractivity contribution in [1.29, 1.82) is 0 Å². The summed E-state index contributed by atoms with van der Waals surface area (Å²) in [5.41, 5.74) is 4.60. The van der Waals surface area contributed by atoms with Crippen LogP contribution >= 0.6 is 0 Å². The molecule has 2 rings (SSSR count). The summed E-state index contributed by atoms with van der Waals surface area (Å²) in [7, 11) is 3.48. The van der Waals surface area contributed by atoms with E-state index in [2.05, 4.69) is 52.9 Å². The van der Waals surface area contributed by atoms with Gasteiger partial charge in [0.2, 0.25) is 0 Å². The topological polar surface area (TPSA) is 64.1 Å². The fourth-order valence-corrected chi connectivity index (χ4v) is 2.90. The lowest BCUT2D eigenvalue weighted by Crippen LogP contribution is -2.36. The Bertz CT molecular complexity index is 778. The van der Waals surface area contributed by atoms with Gasteiger partial charge in [0.25, 0.3) is 0 Å². The first-order valence-electron chi connectivity index (χ1n) is 9.98. The molecule has 158 valence electrons. The van der Waals surface area contributed by atoms with Crippen molar-refractivity contribution in [1.82, 2.24) is 10.6 Å². The van der Waals surface area contributed by atoms with Crippen LogP contribution in [0.4, 0.5) is 0 Å². The Hall–Kier alpha value is -2.57. The number of ether oxygens (including phenoxy) is 3. The summed E-state index contributed by atoms with van der Waals surface area (Å²) in [4.78, 5) is 4.33. The fourth-order valence-electron chi connectivity index (χ4n) is 2.90. The van der Waals surface area contributed by atoms with Gasteiger partial charge in [-0.3, -0.25) is 4.99 Å².